The number of thiophene rings is 1. The number of nitrogens with zero attached hydrogens (tertiary/aromatic N) is 4. The first-order valence-corrected chi connectivity index (χ1v) is 14.2. The second kappa shape index (κ2) is 10.4. The fourth-order valence-electron chi connectivity index (χ4n) is 4.38. The van der Waals surface area contributed by atoms with Crippen LogP contribution in [0.4, 0.5) is 11.4 Å². The quantitative estimate of drug-likeness (QED) is 0.270. The smallest absolute Gasteiger partial charge is 0.269 e. The lowest BCUT2D eigenvalue weighted by atomic mass is 10.1. The Morgan fingerprint density at radius 1 is 1.05 bits per heavy atom. The van der Waals surface area contributed by atoms with Crippen molar-refractivity contribution in [2.75, 3.05) is 18.4 Å². The van der Waals surface area contributed by atoms with Crippen molar-refractivity contribution in [3.63, 3.8) is 0 Å². The van der Waals surface area contributed by atoms with Crippen LogP contribution in [0, 0.1) is 10.1 Å². The van der Waals surface area contributed by atoms with Gasteiger partial charge in [0.25, 0.3) is 11.2 Å². The third kappa shape index (κ3) is 5.08. The zero-order valence-electron chi connectivity index (χ0n) is 20.1. The first kappa shape index (κ1) is 25.7. The number of amides is 1. The predicted molar refractivity (Wildman–Crippen MR) is 144 cm³/mol. The van der Waals surface area contributed by atoms with Gasteiger partial charge >= 0.3 is 0 Å². The Labute approximate surface area is 221 Å². The third-order valence-electron chi connectivity index (χ3n) is 6.35. The summed E-state index contributed by atoms with van der Waals surface area (Å²) in [6.07, 6.45) is 4.00. The van der Waals surface area contributed by atoms with E-state index in [-0.39, 0.29) is 17.1 Å². The van der Waals surface area contributed by atoms with E-state index in [1.165, 1.54) is 62.9 Å². The number of hydrogen-bond acceptors (Lipinski definition) is 8. The van der Waals surface area contributed by atoms with E-state index in [2.05, 4.69) is 10.3 Å². The molecular weight excluding hydrogens is 530 g/mol. The van der Waals surface area contributed by atoms with Gasteiger partial charge in [-0.3, -0.25) is 24.3 Å². The van der Waals surface area contributed by atoms with Crippen molar-refractivity contribution in [1.82, 2.24) is 13.9 Å². The highest BCUT2D eigenvalue weighted by atomic mass is 32.2. The monoisotopic (exact) mass is 553 g/mol. The predicted octanol–water partition coefficient (Wildman–Crippen LogP) is 3.85. The number of anilines is 1. The van der Waals surface area contributed by atoms with Gasteiger partial charge in [-0.25, -0.2) is 13.4 Å². The number of rotatable bonds is 7. The molecule has 0 unspecified atom stereocenters. The average molecular weight is 554 g/mol. The highest BCUT2D eigenvalue weighted by molar-refractivity contribution is 7.89. The summed E-state index contributed by atoms with van der Waals surface area (Å²) in [6.45, 7) is 0.707. The lowest BCUT2D eigenvalue weighted by Gasteiger charge is -2.25. The van der Waals surface area contributed by atoms with Crippen LogP contribution in [-0.2, 0) is 21.4 Å². The van der Waals surface area contributed by atoms with E-state index >= 15 is 0 Å². The standard InChI is InChI=1S/C25H23N5O6S2/c31-22(27-18-6-10-20(11-7-18)38(35,36)29-12-2-1-3-13-29)14-28-16-26-24-23(25(28)32)21(15-37-24)17-4-8-19(9-5-17)30(33)34/h4-11,15-16H,1-3,12-14H2,(H,27,31). The minimum Gasteiger partial charge on any atom is -0.325 e. The molecule has 5 rings (SSSR count). The number of non-ortho nitro benzene ring substituents is 1. The molecule has 1 saturated heterocycles. The zero-order valence-corrected chi connectivity index (χ0v) is 21.7. The summed E-state index contributed by atoms with van der Waals surface area (Å²) in [7, 11) is -3.58. The molecule has 0 spiro atoms. The zero-order chi connectivity index (χ0) is 26.9. The average Bonchev–Trinajstić information content (AvgIpc) is 3.36. The number of sulfonamides is 1. The lowest BCUT2D eigenvalue weighted by Crippen LogP contribution is -2.35. The number of nitro benzene ring substituents is 1. The van der Waals surface area contributed by atoms with Crippen molar-refractivity contribution in [2.24, 2.45) is 0 Å². The molecule has 1 amide bonds. The molecule has 11 nitrogen and oxygen atoms in total. The Morgan fingerprint density at radius 3 is 2.39 bits per heavy atom. The van der Waals surface area contributed by atoms with Gasteiger partial charge < -0.3 is 5.32 Å². The minimum absolute atomic E-state index is 0.0578. The summed E-state index contributed by atoms with van der Waals surface area (Å²) >= 11 is 1.27. The van der Waals surface area contributed by atoms with Crippen molar-refractivity contribution in [3.8, 4) is 11.1 Å². The molecule has 4 aromatic rings. The molecule has 1 N–H and O–H groups in total. The highest BCUT2D eigenvalue weighted by Crippen LogP contribution is 2.31. The maximum Gasteiger partial charge on any atom is 0.269 e. The SMILES string of the molecule is O=C(Cn1cnc2scc(-c3ccc([N+](=O)[O-])cc3)c2c1=O)Nc1ccc(S(=O)(=O)N2CCCCC2)cc1. The van der Waals surface area contributed by atoms with Crippen molar-refractivity contribution in [2.45, 2.75) is 30.7 Å². The Balaban J connectivity index is 1.32. The van der Waals surface area contributed by atoms with Gasteiger partial charge in [0, 0.05) is 41.9 Å². The van der Waals surface area contributed by atoms with Gasteiger partial charge in [0.05, 0.1) is 21.5 Å². The summed E-state index contributed by atoms with van der Waals surface area (Å²) in [6, 6.07) is 11.8. The summed E-state index contributed by atoms with van der Waals surface area (Å²) in [5.74, 6) is -0.480. The fourth-order valence-corrected chi connectivity index (χ4v) is 6.80. The molecule has 0 atom stereocenters. The molecular formula is C25H23N5O6S2. The summed E-state index contributed by atoms with van der Waals surface area (Å²) in [5, 5.41) is 15.7. The number of hydrogen-bond donors (Lipinski definition) is 1. The second-order valence-electron chi connectivity index (χ2n) is 8.85. The largest absolute Gasteiger partial charge is 0.325 e. The van der Waals surface area contributed by atoms with Crippen molar-refractivity contribution in [3.05, 3.63) is 80.7 Å². The topological polar surface area (TPSA) is 145 Å². The summed E-state index contributed by atoms with van der Waals surface area (Å²) in [5.41, 5.74) is 1.14. The number of benzene rings is 2. The molecule has 13 heteroatoms. The van der Waals surface area contributed by atoms with Crippen LogP contribution in [0.15, 0.2) is 69.9 Å². The van der Waals surface area contributed by atoms with Crippen molar-refractivity contribution < 1.29 is 18.1 Å². The first-order valence-electron chi connectivity index (χ1n) is 11.9. The van der Waals surface area contributed by atoms with E-state index in [1.807, 2.05) is 0 Å². The van der Waals surface area contributed by atoms with Gasteiger partial charge in [0.1, 0.15) is 11.4 Å². The molecule has 2 aromatic carbocycles. The Morgan fingerprint density at radius 2 is 1.74 bits per heavy atom. The molecule has 0 bridgehead atoms. The Kier molecular flexibility index (Phi) is 7.06. The van der Waals surface area contributed by atoms with Gasteiger partial charge in [-0.05, 0) is 54.8 Å². The van der Waals surface area contributed by atoms with Crippen molar-refractivity contribution in [1.29, 1.82) is 0 Å². The van der Waals surface area contributed by atoms with Gasteiger partial charge in [0.2, 0.25) is 15.9 Å². The number of aromatic nitrogens is 2. The number of carbonyl (C=O) groups is 1. The fraction of sp³-hybridized carbons (Fsp3) is 0.240. The number of nitrogens with one attached hydrogen (secondary N) is 1. The van der Waals surface area contributed by atoms with E-state index in [0.717, 1.165) is 19.3 Å². The van der Waals surface area contributed by atoms with Crippen molar-refractivity contribution >= 4 is 48.9 Å². The molecule has 3 heterocycles. The van der Waals surface area contributed by atoms with E-state index in [4.69, 9.17) is 0 Å². The number of carbonyl (C=O) groups excluding carboxylic acids is 1. The van der Waals surface area contributed by atoms with Crippen LogP contribution in [0.3, 0.4) is 0 Å². The first-order chi connectivity index (χ1) is 18.2. The van der Waals surface area contributed by atoms with Crippen LogP contribution in [0.2, 0.25) is 0 Å². The minimum atomic E-state index is -3.58. The Bertz CT molecular complexity index is 1670. The molecule has 38 heavy (non-hydrogen) atoms. The van der Waals surface area contributed by atoms with E-state index in [0.29, 0.717) is 40.1 Å². The van der Waals surface area contributed by atoms with Crippen LogP contribution in [0.25, 0.3) is 21.3 Å². The molecule has 1 fully saturated rings. The van der Waals surface area contributed by atoms with Crippen LogP contribution < -0.4 is 10.9 Å². The molecule has 0 saturated carbocycles. The highest BCUT2D eigenvalue weighted by Gasteiger charge is 2.25. The van der Waals surface area contributed by atoms with E-state index < -0.39 is 26.4 Å². The second-order valence-corrected chi connectivity index (χ2v) is 11.6. The molecule has 0 aliphatic carbocycles. The maximum absolute atomic E-state index is 13.2. The molecule has 1 aliphatic heterocycles. The van der Waals surface area contributed by atoms with E-state index in [1.54, 1.807) is 17.5 Å². The summed E-state index contributed by atoms with van der Waals surface area (Å²) < 4.78 is 28.3. The van der Waals surface area contributed by atoms with Crippen LogP contribution in [0.5, 0.6) is 0 Å². The Hall–Kier alpha value is -3.94. The maximum atomic E-state index is 13.2. The van der Waals surface area contributed by atoms with Gasteiger partial charge in [-0.15, -0.1) is 11.3 Å². The van der Waals surface area contributed by atoms with Crippen LogP contribution >= 0.6 is 11.3 Å². The number of piperidine rings is 1. The van der Waals surface area contributed by atoms with Gasteiger partial charge in [-0.1, -0.05) is 6.42 Å². The van der Waals surface area contributed by atoms with Crippen LogP contribution in [0.1, 0.15) is 19.3 Å². The van der Waals surface area contributed by atoms with Gasteiger partial charge in [0.15, 0.2) is 0 Å². The number of fused-ring (bicyclic) bond motifs is 1. The third-order valence-corrected chi connectivity index (χ3v) is 9.15. The molecule has 2 aromatic heterocycles. The number of nitro groups is 1. The lowest BCUT2D eigenvalue weighted by molar-refractivity contribution is -0.384. The molecule has 0 radical (unpaired) electrons. The van der Waals surface area contributed by atoms with Gasteiger partial charge in [-0.2, -0.15) is 4.31 Å². The molecule has 196 valence electrons. The van der Waals surface area contributed by atoms with E-state index in [9.17, 15) is 28.1 Å². The normalized spacial score (nSPS) is 14.4. The molecule has 1 aliphatic rings. The summed E-state index contributed by atoms with van der Waals surface area (Å²) in [4.78, 5) is 41.3. The van der Waals surface area contributed by atoms with Crippen LogP contribution in [-0.4, -0.2) is 46.2 Å².